The van der Waals surface area contributed by atoms with E-state index in [4.69, 9.17) is 9.47 Å². The van der Waals surface area contributed by atoms with Crippen LogP contribution >= 0.6 is 0 Å². The van der Waals surface area contributed by atoms with E-state index in [1.807, 2.05) is 19.9 Å². The zero-order valence-electron chi connectivity index (χ0n) is 14.6. The van der Waals surface area contributed by atoms with E-state index < -0.39 is 0 Å². The van der Waals surface area contributed by atoms with Crippen molar-refractivity contribution in [3.8, 4) is 5.75 Å². The fourth-order valence-electron chi connectivity index (χ4n) is 4.12. The van der Waals surface area contributed by atoms with Crippen molar-refractivity contribution in [2.75, 3.05) is 26.3 Å². The van der Waals surface area contributed by atoms with Crippen molar-refractivity contribution < 1.29 is 19.0 Å². The summed E-state index contributed by atoms with van der Waals surface area (Å²) < 4.78 is 25.0. The minimum absolute atomic E-state index is 0.0589. The molecule has 2 fully saturated rings. The van der Waals surface area contributed by atoms with Crippen molar-refractivity contribution >= 4 is 0 Å². The second kappa shape index (κ2) is 7.38. The molecule has 0 bridgehead atoms. The van der Waals surface area contributed by atoms with Gasteiger partial charge >= 0.3 is 0 Å². The largest absolute Gasteiger partial charge is 0.491 e. The van der Waals surface area contributed by atoms with Gasteiger partial charge in [-0.05, 0) is 57.5 Å². The monoisotopic (exact) mass is 337 g/mol. The summed E-state index contributed by atoms with van der Waals surface area (Å²) >= 11 is 0. The number of hydrogen-bond donors (Lipinski definition) is 1. The van der Waals surface area contributed by atoms with Crippen LogP contribution in [0.3, 0.4) is 0 Å². The summed E-state index contributed by atoms with van der Waals surface area (Å²) in [4.78, 5) is 2.33. The molecule has 1 aromatic rings. The molecule has 3 rings (SSSR count). The first kappa shape index (κ1) is 17.6. The van der Waals surface area contributed by atoms with Gasteiger partial charge in [-0.2, -0.15) is 0 Å². The third-order valence-corrected chi connectivity index (χ3v) is 5.60. The molecule has 24 heavy (non-hydrogen) atoms. The first-order chi connectivity index (χ1) is 11.6. The van der Waals surface area contributed by atoms with Gasteiger partial charge in [-0.15, -0.1) is 0 Å². The van der Waals surface area contributed by atoms with E-state index in [1.165, 1.54) is 0 Å². The molecule has 5 heteroatoms. The van der Waals surface area contributed by atoms with Gasteiger partial charge in [0.2, 0.25) is 0 Å². The zero-order chi connectivity index (χ0) is 17.2. The summed E-state index contributed by atoms with van der Waals surface area (Å²) in [6, 6.07) is 5.20. The molecule has 1 spiro atoms. The molecule has 2 atom stereocenters. The lowest BCUT2D eigenvalue weighted by Gasteiger charge is -2.56. The second-order valence-electron chi connectivity index (χ2n) is 6.90. The molecule has 1 N–H and O–H groups in total. The van der Waals surface area contributed by atoms with Gasteiger partial charge < -0.3 is 14.6 Å². The maximum absolute atomic E-state index is 14.0. The predicted molar refractivity (Wildman–Crippen MR) is 90.6 cm³/mol. The standard InChI is InChI=1S/C19H28FNO3/c1-3-23-16-6-5-14(11-15(16)20)13-21-9-7-19(8-10-21)17(22)12-18(19)24-4-2/h5-6,11,17-18,22H,3-4,7-10,12-13H2,1-2H3/t17-,18-/m1/s1. The van der Waals surface area contributed by atoms with Crippen molar-refractivity contribution in [3.63, 3.8) is 0 Å². The van der Waals surface area contributed by atoms with E-state index in [0.29, 0.717) is 19.0 Å². The SMILES string of the molecule is CCOc1ccc(CN2CCC3(CC2)[C@H](O)C[C@H]3OCC)cc1F. The molecule has 0 amide bonds. The Hall–Kier alpha value is -1.17. The summed E-state index contributed by atoms with van der Waals surface area (Å²) in [6.07, 6.45) is 2.61. The number of hydrogen-bond acceptors (Lipinski definition) is 4. The summed E-state index contributed by atoms with van der Waals surface area (Å²) in [7, 11) is 0. The molecule has 0 unspecified atom stereocenters. The van der Waals surface area contributed by atoms with E-state index in [-0.39, 0.29) is 23.4 Å². The summed E-state index contributed by atoms with van der Waals surface area (Å²) in [5.74, 6) is 0.0182. The highest BCUT2D eigenvalue weighted by Gasteiger charge is 2.55. The molecule has 1 heterocycles. The maximum atomic E-state index is 14.0. The van der Waals surface area contributed by atoms with E-state index in [2.05, 4.69) is 4.90 Å². The quantitative estimate of drug-likeness (QED) is 0.866. The van der Waals surface area contributed by atoms with E-state index >= 15 is 0 Å². The van der Waals surface area contributed by atoms with Crippen LogP contribution in [0.5, 0.6) is 5.75 Å². The van der Waals surface area contributed by atoms with Crippen LogP contribution in [-0.2, 0) is 11.3 Å². The first-order valence-corrected chi connectivity index (χ1v) is 9.02. The number of likely N-dealkylation sites (tertiary alicyclic amines) is 1. The van der Waals surface area contributed by atoms with E-state index in [0.717, 1.165) is 44.5 Å². The molecule has 1 aliphatic heterocycles. The van der Waals surface area contributed by atoms with Crippen molar-refractivity contribution in [2.24, 2.45) is 5.41 Å². The van der Waals surface area contributed by atoms with Crippen molar-refractivity contribution in [3.05, 3.63) is 29.6 Å². The van der Waals surface area contributed by atoms with Crippen LogP contribution in [0.25, 0.3) is 0 Å². The van der Waals surface area contributed by atoms with Crippen LogP contribution in [0.4, 0.5) is 4.39 Å². The van der Waals surface area contributed by atoms with Gasteiger partial charge in [0, 0.05) is 25.0 Å². The predicted octanol–water partition coefficient (Wildman–Crippen LogP) is 2.98. The van der Waals surface area contributed by atoms with Crippen LogP contribution in [0, 0.1) is 11.2 Å². The maximum Gasteiger partial charge on any atom is 0.165 e. The smallest absolute Gasteiger partial charge is 0.165 e. The number of halogens is 1. The topological polar surface area (TPSA) is 41.9 Å². The summed E-state index contributed by atoms with van der Waals surface area (Å²) in [6.45, 7) is 7.58. The number of aliphatic hydroxyl groups excluding tert-OH is 1. The molecule has 0 aromatic heterocycles. The average Bonchev–Trinajstić information content (AvgIpc) is 2.58. The van der Waals surface area contributed by atoms with E-state index in [9.17, 15) is 9.50 Å². The number of rotatable bonds is 6. The van der Waals surface area contributed by atoms with Gasteiger partial charge in [-0.3, -0.25) is 4.90 Å². The molecule has 1 saturated carbocycles. The molecule has 1 aliphatic carbocycles. The Kier molecular flexibility index (Phi) is 5.42. The van der Waals surface area contributed by atoms with Crippen molar-refractivity contribution in [2.45, 2.75) is 51.9 Å². The van der Waals surface area contributed by atoms with E-state index in [1.54, 1.807) is 12.1 Å². The van der Waals surface area contributed by atoms with Crippen molar-refractivity contribution in [1.82, 2.24) is 4.90 Å². The van der Waals surface area contributed by atoms with Gasteiger partial charge in [0.15, 0.2) is 11.6 Å². The molecule has 134 valence electrons. The third-order valence-electron chi connectivity index (χ3n) is 5.60. The molecule has 1 saturated heterocycles. The van der Waals surface area contributed by atoms with Crippen LogP contribution in [0.15, 0.2) is 18.2 Å². The molecule has 0 radical (unpaired) electrons. The Morgan fingerprint density at radius 1 is 1.25 bits per heavy atom. The third kappa shape index (κ3) is 3.30. The number of nitrogens with zero attached hydrogens (tertiary/aromatic N) is 1. The summed E-state index contributed by atoms with van der Waals surface area (Å²) in [5, 5.41) is 10.3. The fraction of sp³-hybridized carbons (Fsp3) is 0.684. The van der Waals surface area contributed by atoms with Crippen LogP contribution in [0.1, 0.15) is 38.7 Å². The zero-order valence-corrected chi connectivity index (χ0v) is 14.6. The molecule has 1 aromatic carbocycles. The highest BCUT2D eigenvalue weighted by molar-refractivity contribution is 5.29. The number of aliphatic hydroxyl groups is 1. The van der Waals surface area contributed by atoms with Gasteiger partial charge in [-0.25, -0.2) is 4.39 Å². The Labute approximate surface area is 143 Å². The number of ether oxygens (including phenoxy) is 2. The Morgan fingerprint density at radius 3 is 2.58 bits per heavy atom. The van der Waals surface area contributed by atoms with Crippen LogP contribution in [-0.4, -0.2) is 48.5 Å². The highest BCUT2D eigenvalue weighted by atomic mass is 19.1. The number of benzene rings is 1. The van der Waals surface area contributed by atoms with Gasteiger partial charge in [-0.1, -0.05) is 6.07 Å². The average molecular weight is 337 g/mol. The van der Waals surface area contributed by atoms with Gasteiger partial charge in [0.05, 0.1) is 18.8 Å². The Balaban J connectivity index is 1.57. The molecular formula is C19H28FNO3. The Bertz CT molecular complexity index is 556. The fourth-order valence-corrected chi connectivity index (χ4v) is 4.12. The van der Waals surface area contributed by atoms with Crippen LogP contribution in [0.2, 0.25) is 0 Å². The number of piperidine rings is 1. The molecule has 2 aliphatic rings. The lowest BCUT2D eigenvalue weighted by atomic mass is 9.58. The van der Waals surface area contributed by atoms with Crippen LogP contribution < -0.4 is 4.74 Å². The van der Waals surface area contributed by atoms with Crippen molar-refractivity contribution in [1.29, 1.82) is 0 Å². The highest BCUT2D eigenvalue weighted by Crippen LogP contribution is 2.51. The first-order valence-electron chi connectivity index (χ1n) is 9.02. The van der Waals surface area contributed by atoms with Gasteiger partial charge in [0.25, 0.3) is 0 Å². The minimum atomic E-state index is -0.298. The Morgan fingerprint density at radius 2 is 2.00 bits per heavy atom. The summed E-state index contributed by atoms with van der Waals surface area (Å²) in [5.41, 5.74) is 0.902. The molecule has 4 nitrogen and oxygen atoms in total. The lowest BCUT2D eigenvalue weighted by Crippen LogP contribution is -2.62. The van der Waals surface area contributed by atoms with Gasteiger partial charge in [0.1, 0.15) is 0 Å². The minimum Gasteiger partial charge on any atom is -0.491 e. The second-order valence-corrected chi connectivity index (χ2v) is 6.90. The normalized spacial score (nSPS) is 26.3. The molecular weight excluding hydrogens is 309 g/mol. The lowest BCUT2D eigenvalue weighted by molar-refractivity contribution is -0.209.